The standard InChI is InChI=1S/C12H16O6/c1-3-5-6-18-12(17)8(4-2)10(15)11(16)9(14)7-13/h7-8H,3-6H2,1-2H3. The summed E-state index contributed by atoms with van der Waals surface area (Å²) < 4.78 is 4.81. The zero-order chi connectivity index (χ0) is 14.1. The number of ether oxygens (including phenoxy) is 1. The van der Waals surface area contributed by atoms with Gasteiger partial charge in [-0.05, 0) is 12.8 Å². The predicted molar refractivity (Wildman–Crippen MR) is 60.7 cm³/mol. The molecule has 0 radical (unpaired) electrons. The van der Waals surface area contributed by atoms with Crippen molar-refractivity contribution in [3.8, 4) is 0 Å². The molecule has 0 saturated carbocycles. The highest BCUT2D eigenvalue weighted by molar-refractivity contribution is 6.75. The molecule has 0 aliphatic rings. The number of carbonyl (C=O) groups excluding carboxylic acids is 5. The van der Waals surface area contributed by atoms with Crippen molar-refractivity contribution in [1.82, 2.24) is 0 Å². The molecule has 0 aromatic heterocycles. The van der Waals surface area contributed by atoms with Gasteiger partial charge < -0.3 is 4.74 Å². The largest absolute Gasteiger partial charge is 0.465 e. The number of carbonyl (C=O) groups is 5. The fraction of sp³-hybridized carbons (Fsp3) is 0.583. The maximum absolute atomic E-state index is 11.5. The average molecular weight is 256 g/mol. The van der Waals surface area contributed by atoms with E-state index in [4.69, 9.17) is 4.74 Å². The maximum atomic E-state index is 11.5. The lowest BCUT2D eigenvalue weighted by molar-refractivity contribution is -0.156. The van der Waals surface area contributed by atoms with E-state index in [1.807, 2.05) is 6.92 Å². The summed E-state index contributed by atoms with van der Waals surface area (Å²) in [6.45, 7) is 3.58. The topological polar surface area (TPSA) is 94.6 Å². The summed E-state index contributed by atoms with van der Waals surface area (Å²) in [4.78, 5) is 55.1. The Morgan fingerprint density at radius 1 is 1.17 bits per heavy atom. The second kappa shape index (κ2) is 8.27. The molecule has 0 bridgehead atoms. The van der Waals surface area contributed by atoms with E-state index in [1.165, 1.54) is 6.92 Å². The van der Waals surface area contributed by atoms with E-state index in [0.717, 1.165) is 6.42 Å². The van der Waals surface area contributed by atoms with Gasteiger partial charge in [-0.3, -0.25) is 24.0 Å². The smallest absolute Gasteiger partial charge is 0.316 e. The molecule has 0 heterocycles. The zero-order valence-electron chi connectivity index (χ0n) is 10.4. The van der Waals surface area contributed by atoms with E-state index in [9.17, 15) is 24.0 Å². The van der Waals surface area contributed by atoms with E-state index in [-0.39, 0.29) is 19.3 Å². The minimum atomic E-state index is -1.47. The number of aldehydes is 1. The van der Waals surface area contributed by atoms with Gasteiger partial charge in [-0.25, -0.2) is 0 Å². The van der Waals surface area contributed by atoms with Crippen LogP contribution < -0.4 is 0 Å². The molecule has 0 aromatic rings. The van der Waals surface area contributed by atoms with Crippen LogP contribution in [0.2, 0.25) is 0 Å². The molecule has 0 N–H and O–H groups in total. The minimum Gasteiger partial charge on any atom is -0.465 e. The maximum Gasteiger partial charge on any atom is 0.316 e. The molecule has 1 unspecified atom stereocenters. The Morgan fingerprint density at radius 2 is 1.78 bits per heavy atom. The SMILES string of the molecule is CCCCOC(=O)C(CC)C(=O)C(=O)C(=O)C=O. The zero-order valence-corrected chi connectivity index (χ0v) is 10.4. The Hall–Kier alpha value is -1.85. The molecule has 1 atom stereocenters. The van der Waals surface area contributed by atoms with Crippen molar-refractivity contribution in [2.45, 2.75) is 33.1 Å². The van der Waals surface area contributed by atoms with Crippen LogP contribution in [-0.4, -0.2) is 36.2 Å². The first kappa shape index (κ1) is 16.1. The molecule has 0 saturated heterocycles. The lowest BCUT2D eigenvalue weighted by Crippen LogP contribution is -2.35. The molecule has 0 aliphatic carbocycles. The predicted octanol–water partition coefficient (Wildman–Crippen LogP) is 0.262. The molecule has 18 heavy (non-hydrogen) atoms. The van der Waals surface area contributed by atoms with Gasteiger partial charge in [0.2, 0.25) is 5.78 Å². The van der Waals surface area contributed by atoms with E-state index in [1.54, 1.807) is 0 Å². The van der Waals surface area contributed by atoms with Crippen LogP contribution in [0.15, 0.2) is 0 Å². The Kier molecular flexibility index (Phi) is 7.42. The number of rotatable bonds is 9. The van der Waals surface area contributed by atoms with Gasteiger partial charge in [-0.2, -0.15) is 0 Å². The van der Waals surface area contributed by atoms with Crippen molar-refractivity contribution in [1.29, 1.82) is 0 Å². The monoisotopic (exact) mass is 256 g/mol. The molecule has 0 rings (SSSR count). The van der Waals surface area contributed by atoms with E-state index in [0.29, 0.717) is 6.42 Å². The van der Waals surface area contributed by atoms with Crippen LogP contribution >= 0.6 is 0 Å². The summed E-state index contributed by atoms with van der Waals surface area (Å²) in [5.41, 5.74) is 0. The Balaban J connectivity index is 4.61. The van der Waals surface area contributed by atoms with Crippen LogP contribution in [0.1, 0.15) is 33.1 Å². The fourth-order valence-corrected chi connectivity index (χ4v) is 1.21. The van der Waals surface area contributed by atoms with Crippen molar-refractivity contribution in [3.63, 3.8) is 0 Å². The Morgan fingerprint density at radius 3 is 2.22 bits per heavy atom. The summed E-state index contributed by atoms with van der Waals surface area (Å²) in [5, 5.41) is 0. The second-order valence-electron chi connectivity index (χ2n) is 3.66. The molecular weight excluding hydrogens is 240 g/mol. The lowest BCUT2D eigenvalue weighted by Gasteiger charge is -2.11. The number of hydrogen-bond acceptors (Lipinski definition) is 6. The van der Waals surface area contributed by atoms with Crippen molar-refractivity contribution < 1.29 is 28.7 Å². The van der Waals surface area contributed by atoms with Gasteiger partial charge in [0.1, 0.15) is 5.92 Å². The summed E-state index contributed by atoms with van der Waals surface area (Å²) in [7, 11) is 0. The quantitative estimate of drug-likeness (QED) is 0.193. The third-order valence-corrected chi connectivity index (χ3v) is 2.31. The minimum absolute atomic E-state index is 0.0433. The number of esters is 1. The number of Topliss-reactive ketones (excluding diaryl/α,β-unsaturated/α-hetero) is 3. The molecule has 100 valence electrons. The van der Waals surface area contributed by atoms with E-state index in [2.05, 4.69) is 0 Å². The number of ketones is 3. The van der Waals surface area contributed by atoms with Gasteiger partial charge in [0.25, 0.3) is 11.6 Å². The van der Waals surface area contributed by atoms with E-state index < -0.39 is 29.2 Å². The molecule has 0 fully saturated rings. The van der Waals surface area contributed by atoms with Gasteiger partial charge in [-0.15, -0.1) is 0 Å². The van der Waals surface area contributed by atoms with Crippen LogP contribution in [0.3, 0.4) is 0 Å². The summed E-state index contributed by atoms with van der Waals surface area (Å²) in [6.07, 6.45) is 1.27. The van der Waals surface area contributed by atoms with Crippen molar-refractivity contribution in [2.24, 2.45) is 5.92 Å². The normalized spacial score (nSPS) is 11.4. The number of unbranched alkanes of at least 4 members (excludes halogenated alkanes) is 1. The molecule has 0 amide bonds. The Bertz CT molecular complexity index is 358. The first-order chi connectivity index (χ1) is 8.49. The lowest BCUT2D eigenvalue weighted by atomic mass is 9.96. The van der Waals surface area contributed by atoms with Crippen LogP contribution in [0.5, 0.6) is 0 Å². The fourth-order valence-electron chi connectivity index (χ4n) is 1.21. The highest BCUT2D eigenvalue weighted by Gasteiger charge is 2.34. The third-order valence-electron chi connectivity index (χ3n) is 2.31. The average Bonchev–Trinajstić information content (AvgIpc) is 2.37. The molecule has 0 aromatic carbocycles. The van der Waals surface area contributed by atoms with Crippen molar-refractivity contribution in [3.05, 3.63) is 0 Å². The summed E-state index contributed by atoms with van der Waals surface area (Å²) >= 11 is 0. The van der Waals surface area contributed by atoms with Gasteiger partial charge in [0.05, 0.1) is 6.61 Å². The summed E-state index contributed by atoms with van der Waals surface area (Å²) in [5.74, 6) is -6.23. The molecule has 0 spiro atoms. The second-order valence-corrected chi connectivity index (χ2v) is 3.66. The first-order valence-corrected chi connectivity index (χ1v) is 5.73. The van der Waals surface area contributed by atoms with Gasteiger partial charge in [0.15, 0.2) is 6.29 Å². The van der Waals surface area contributed by atoms with Crippen LogP contribution in [0, 0.1) is 5.92 Å². The summed E-state index contributed by atoms with van der Waals surface area (Å²) in [6, 6.07) is 0. The van der Waals surface area contributed by atoms with Gasteiger partial charge >= 0.3 is 5.97 Å². The highest BCUT2D eigenvalue weighted by atomic mass is 16.5. The van der Waals surface area contributed by atoms with Crippen molar-refractivity contribution in [2.75, 3.05) is 6.61 Å². The molecular formula is C12H16O6. The van der Waals surface area contributed by atoms with Gasteiger partial charge in [-0.1, -0.05) is 20.3 Å². The highest BCUT2D eigenvalue weighted by Crippen LogP contribution is 2.08. The number of hydrogen-bond donors (Lipinski definition) is 0. The van der Waals surface area contributed by atoms with E-state index >= 15 is 0 Å². The Labute approximate surface area is 105 Å². The van der Waals surface area contributed by atoms with Crippen LogP contribution in [0.25, 0.3) is 0 Å². The first-order valence-electron chi connectivity index (χ1n) is 5.73. The van der Waals surface area contributed by atoms with Crippen molar-refractivity contribution >= 4 is 29.6 Å². The van der Waals surface area contributed by atoms with Crippen LogP contribution in [-0.2, 0) is 28.7 Å². The molecule has 6 heteroatoms. The molecule has 6 nitrogen and oxygen atoms in total. The third kappa shape index (κ3) is 4.57. The van der Waals surface area contributed by atoms with Gasteiger partial charge in [0, 0.05) is 0 Å². The molecule has 0 aliphatic heterocycles. The van der Waals surface area contributed by atoms with Crippen LogP contribution in [0.4, 0.5) is 0 Å².